The second kappa shape index (κ2) is 6.52. The largest absolute Gasteiger partial charge is 0.399 e. The minimum absolute atomic E-state index is 0.0983. The van der Waals surface area contributed by atoms with Gasteiger partial charge in [-0.25, -0.2) is 0 Å². The van der Waals surface area contributed by atoms with Gasteiger partial charge in [-0.15, -0.1) is 5.54 Å². The van der Waals surface area contributed by atoms with Gasteiger partial charge in [0.2, 0.25) is 0 Å². The zero-order valence-electron chi connectivity index (χ0n) is 14.9. The first kappa shape index (κ1) is 18.2. The number of hydrogen-bond acceptors (Lipinski definition) is 1. The molecule has 0 saturated carbocycles. The molecule has 0 heterocycles. The van der Waals surface area contributed by atoms with Crippen LogP contribution in [0, 0.1) is 11.5 Å². The summed E-state index contributed by atoms with van der Waals surface area (Å²) in [5.41, 5.74) is 4.65. The molecule has 0 bridgehead atoms. The standard InChI is InChI=1S/C18H30OSi2/c1-18(2,3)21(7,8)19-17(14-15-20(4,5)6)16-12-10-9-11-13-16/h9-13,17H,1-8H3. The topological polar surface area (TPSA) is 9.23 Å². The Morgan fingerprint density at radius 3 is 1.90 bits per heavy atom. The van der Waals surface area contributed by atoms with Crippen molar-refractivity contribution < 1.29 is 4.43 Å². The first-order valence-corrected chi connectivity index (χ1v) is 14.1. The molecule has 1 aromatic rings. The third-order valence-electron chi connectivity index (χ3n) is 3.90. The van der Waals surface area contributed by atoms with Gasteiger partial charge in [0.05, 0.1) is 0 Å². The lowest BCUT2D eigenvalue weighted by molar-refractivity contribution is 0.238. The first-order chi connectivity index (χ1) is 9.42. The number of rotatable bonds is 3. The maximum Gasteiger partial charge on any atom is 0.194 e. The molecule has 0 aliphatic heterocycles. The molecule has 0 aliphatic carbocycles. The van der Waals surface area contributed by atoms with Gasteiger partial charge in [-0.2, -0.15) is 0 Å². The summed E-state index contributed by atoms with van der Waals surface area (Å²) < 4.78 is 6.57. The van der Waals surface area contributed by atoms with Gasteiger partial charge in [0.25, 0.3) is 0 Å². The van der Waals surface area contributed by atoms with E-state index in [2.05, 4.69) is 89.2 Å². The summed E-state index contributed by atoms with van der Waals surface area (Å²) in [5.74, 6) is 3.43. The molecule has 0 aliphatic rings. The Kier molecular flexibility index (Phi) is 5.65. The molecular formula is C18H30OSi2. The lowest BCUT2D eigenvalue weighted by Gasteiger charge is -2.38. The smallest absolute Gasteiger partial charge is 0.194 e. The van der Waals surface area contributed by atoms with Crippen LogP contribution in [-0.4, -0.2) is 16.4 Å². The van der Waals surface area contributed by atoms with Gasteiger partial charge in [0.15, 0.2) is 8.32 Å². The van der Waals surface area contributed by atoms with Crippen LogP contribution in [0.5, 0.6) is 0 Å². The quantitative estimate of drug-likeness (QED) is 0.518. The van der Waals surface area contributed by atoms with E-state index in [0.717, 1.165) is 0 Å². The molecule has 0 fully saturated rings. The van der Waals surface area contributed by atoms with Gasteiger partial charge in [0.1, 0.15) is 14.2 Å². The molecular weight excluding hydrogens is 288 g/mol. The van der Waals surface area contributed by atoms with Crippen molar-refractivity contribution in [2.75, 3.05) is 0 Å². The van der Waals surface area contributed by atoms with Crippen molar-refractivity contribution >= 4 is 16.4 Å². The van der Waals surface area contributed by atoms with Crippen LogP contribution in [0.25, 0.3) is 0 Å². The highest BCUT2D eigenvalue weighted by Gasteiger charge is 2.39. The molecule has 1 rings (SSSR count). The van der Waals surface area contributed by atoms with Crippen molar-refractivity contribution in [2.24, 2.45) is 0 Å². The first-order valence-electron chi connectivity index (χ1n) is 7.68. The molecule has 0 aromatic heterocycles. The summed E-state index contributed by atoms with van der Waals surface area (Å²) >= 11 is 0. The van der Waals surface area contributed by atoms with Crippen LogP contribution < -0.4 is 0 Å². The molecule has 0 amide bonds. The average molecular weight is 319 g/mol. The average Bonchev–Trinajstić information content (AvgIpc) is 2.33. The van der Waals surface area contributed by atoms with E-state index in [-0.39, 0.29) is 11.1 Å². The molecule has 1 aromatic carbocycles. The van der Waals surface area contributed by atoms with Gasteiger partial charge in [-0.1, -0.05) is 76.7 Å². The highest BCUT2D eigenvalue weighted by Crippen LogP contribution is 2.39. The minimum atomic E-state index is -1.83. The van der Waals surface area contributed by atoms with Crippen LogP contribution in [0.2, 0.25) is 37.8 Å². The summed E-state index contributed by atoms with van der Waals surface area (Å²) in [5, 5.41) is 0.195. The number of benzene rings is 1. The van der Waals surface area contributed by atoms with Crippen LogP contribution in [0.3, 0.4) is 0 Å². The SMILES string of the molecule is CC(C)(C)[Si](C)(C)OC(C#C[Si](C)(C)C)c1ccccc1. The summed E-state index contributed by atoms with van der Waals surface area (Å²) in [4.78, 5) is 0. The molecule has 116 valence electrons. The fraction of sp³-hybridized carbons (Fsp3) is 0.556. The van der Waals surface area contributed by atoms with Gasteiger partial charge >= 0.3 is 0 Å². The lowest BCUT2D eigenvalue weighted by atomic mass is 10.1. The van der Waals surface area contributed by atoms with Gasteiger partial charge in [0, 0.05) is 0 Å². The maximum atomic E-state index is 6.57. The predicted molar refractivity (Wildman–Crippen MR) is 98.6 cm³/mol. The monoisotopic (exact) mass is 318 g/mol. The third kappa shape index (κ3) is 5.82. The molecule has 1 atom stereocenters. The fourth-order valence-electron chi connectivity index (χ4n) is 1.56. The van der Waals surface area contributed by atoms with Crippen molar-refractivity contribution in [1.82, 2.24) is 0 Å². The van der Waals surface area contributed by atoms with Crippen LogP contribution in [0.15, 0.2) is 30.3 Å². The summed E-state index contributed by atoms with van der Waals surface area (Å²) in [6.07, 6.45) is -0.0983. The molecule has 1 unspecified atom stereocenters. The van der Waals surface area contributed by atoms with Gasteiger partial charge in [-0.05, 0) is 23.7 Å². The van der Waals surface area contributed by atoms with E-state index >= 15 is 0 Å². The van der Waals surface area contributed by atoms with Crippen LogP contribution in [0.4, 0.5) is 0 Å². The normalized spacial score (nSPS) is 14.3. The van der Waals surface area contributed by atoms with Crippen molar-refractivity contribution in [3.8, 4) is 11.5 Å². The zero-order valence-corrected chi connectivity index (χ0v) is 16.9. The Bertz CT molecular complexity index is 510. The van der Waals surface area contributed by atoms with E-state index in [1.165, 1.54) is 5.56 Å². The highest BCUT2D eigenvalue weighted by atomic mass is 28.4. The van der Waals surface area contributed by atoms with Crippen molar-refractivity contribution in [1.29, 1.82) is 0 Å². The van der Waals surface area contributed by atoms with Crippen LogP contribution >= 0.6 is 0 Å². The summed E-state index contributed by atoms with van der Waals surface area (Å²) in [6.45, 7) is 18.2. The Balaban J connectivity index is 3.12. The molecule has 1 nitrogen and oxygen atoms in total. The zero-order chi connectivity index (χ0) is 16.3. The van der Waals surface area contributed by atoms with Crippen molar-refractivity contribution in [3.05, 3.63) is 35.9 Å². The van der Waals surface area contributed by atoms with E-state index < -0.39 is 16.4 Å². The Labute approximate surface area is 133 Å². The van der Waals surface area contributed by atoms with E-state index in [4.69, 9.17) is 4.43 Å². The van der Waals surface area contributed by atoms with Gasteiger partial charge < -0.3 is 4.43 Å². The molecule has 0 radical (unpaired) electrons. The van der Waals surface area contributed by atoms with Crippen molar-refractivity contribution in [2.45, 2.75) is 64.6 Å². The second-order valence-electron chi connectivity index (χ2n) is 8.19. The number of hydrogen-bond donors (Lipinski definition) is 0. The maximum absolute atomic E-state index is 6.57. The fourth-order valence-corrected chi connectivity index (χ4v) is 3.26. The molecule has 0 saturated heterocycles. The van der Waals surface area contributed by atoms with Crippen LogP contribution in [0.1, 0.15) is 32.4 Å². The molecule has 0 N–H and O–H groups in total. The molecule has 3 heteroatoms. The third-order valence-corrected chi connectivity index (χ3v) is 9.23. The van der Waals surface area contributed by atoms with E-state index in [0.29, 0.717) is 0 Å². The van der Waals surface area contributed by atoms with E-state index in [1.54, 1.807) is 0 Å². The molecule has 0 spiro atoms. The minimum Gasteiger partial charge on any atom is -0.399 e. The summed E-state index contributed by atoms with van der Waals surface area (Å²) in [7, 11) is -3.23. The summed E-state index contributed by atoms with van der Waals surface area (Å²) in [6, 6.07) is 10.4. The lowest BCUT2D eigenvalue weighted by Crippen LogP contribution is -2.41. The second-order valence-corrected chi connectivity index (χ2v) is 17.7. The van der Waals surface area contributed by atoms with Crippen LogP contribution in [-0.2, 0) is 4.43 Å². The highest BCUT2D eigenvalue weighted by molar-refractivity contribution is 6.83. The Morgan fingerprint density at radius 2 is 1.48 bits per heavy atom. The molecule has 21 heavy (non-hydrogen) atoms. The van der Waals surface area contributed by atoms with E-state index in [9.17, 15) is 0 Å². The predicted octanol–water partition coefficient (Wildman–Crippen LogP) is 5.63. The Hall–Kier alpha value is -0.826. The van der Waals surface area contributed by atoms with Gasteiger partial charge in [-0.3, -0.25) is 0 Å². The van der Waals surface area contributed by atoms with Crippen molar-refractivity contribution in [3.63, 3.8) is 0 Å². The van der Waals surface area contributed by atoms with E-state index in [1.807, 2.05) is 6.07 Å². The Morgan fingerprint density at radius 1 is 0.952 bits per heavy atom.